The molecule has 0 aliphatic carbocycles. The smallest absolute Gasteiger partial charge is 0.299 e. The van der Waals surface area contributed by atoms with Crippen molar-refractivity contribution in [1.29, 1.82) is 0 Å². The van der Waals surface area contributed by atoms with Gasteiger partial charge in [0.05, 0.1) is 5.00 Å². The molecule has 0 saturated carbocycles. The van der Waals surface area contributed by atoms with Crippen LogP contribution in [0.2, 0.25) is 0 Å². The first-order valence-electron chi connectivity index (χ1n) is 6.51. The maximum absolute atomic E-state index is 11.8. The number of aromatic nitrogens is 2. The predicted octanol–water partition coefficient (Wildman–Crippen LogP) is 5.30. The molecule has 9 heteroatoms. The number of hydrogen-bond acceptors (Lipinski definition) is 6. The van der Waals surface area contributed by atoms with Gasteiger partial charge in [-0.3, -0.25) is 10.6 Å². The zero-order valence-electron chi connectivity index (χ0n) is 11.7. The van der Waals surface area contributed by atoms with Crippen molar-refractivity contribution in [1.82, 2.24) is 10.2 Å². The Morgan fingerprint density at radius 2 is 2.00 bits per heavy atom. The molecule has 3 rings (SSSR count). The Balaban J connectivity index is 1.51. The minimum Gasteiger partial charge on any atom is -0.299 e. The highest BCUT2D eigenvalue weighted by Crippen LogP contribution is 2.28. The average molecular weight is 427 g/mol. The molecule has 0 atom stereocenters. The fraction of sp³-hybridized carbons (Fsp3) is 0.0714. The van der Waals surface area contributed by atoms with E-state index in [9.17, 15) is 4.79 Å². The number of nitrogens with zero attached hydrogens (tertiary/aromatic N) is 2. The Bertz CT molecular complexity index is 774. The van der Waals surface area contributed by atoms with Crippen molar-refractivity contribution >= 4 is 66.5 Å². The van der Waals surface area contributed by atoms with E-state index >= 15 is 0 Å². The molecule has 2 amide bonds. The summed E-state index contributed by atoms with van der Waals surface area (Å²) >= 11 is 7.83. The fourth-order valence-corrected chi connectivity index (χ4v) is 4.21. The van der Waals surface area contributed by atoms with Gasteiger partial charge in [-0.25, -0.2) is 4.79 Å². The van der Waals surface area contributed by atoms with Gasteiger partial charge in [-0.05, 0) is 35.2 Å². The molecule has 2 aromatic heterocycles. The lowest BCUT2D eigenvalue weighted by molar-refractivity contribution is 0.262. The first-order valence-corrected chi connectivity index (χ1v) is 9.99. The van der Waals surface area contributed by atoms with Crippen LogP contribution in [-0.2, 0) is 5.75 Å². The van der Waals surface area contributed by atoms with Crippen molar-refractivity contribution < 1.29 is 4.79 Å². The molecule has 118 valence electrons. The molecule has 0 spiro atoms. The minimum atomic E-state index is -0.312. The number of rotatable bonds is 5. The van der Waals surface area contributed by atoms with Gasteiger partial charge < -0.3 is 0 Å². The van der Waals surface area contributed by atoms with Crippen LogP contribution < -0.4 is 10.6 Å². The Labute approximate surface area is 153 Å². The van der Waals surface area contributed by atoms with E-state index in [-0.39, 0.29) is 6.03 Å². The second-order valence-corrected chi connectivity index (χ2v) is 8.41. The number of hydrogen-bond donors (Lipinski definition) is 2. The van der Waals surface area contributed by atoms with E-state index in [1.165, 1.54) is 28.2 Å². The number of urea groups is 1. The number of anilines is 2. The molecule has 23 heavy (non-hydrogen) atoms. The Morgan fingerprint density at radius 3 is 2.74 bits per heavy atom. The summed E-state index contributed by atoms with van der Waals surface area (Å²) in [5, 5.41) is 16.7. The van der Waals surface area contributed by atoms with Gasteiger partial charge in [0.2, 0.25) is 5.13 Å². The van der Waals surface area contributed by atoms with Crippen LogP contribution in [0.25, 0.3) is 0 Å². The average Bonchev–Trinajstić information content (AvgIpc) is 3.19. The van der Waals surface area contributed by atoms with Gasteiger partial charge in [0.15, 0.2) is 4.34 Å². The molecule has 0 aliphatic rings. The van der Waals surface area contributed by atoms with Gasteiger partial charge in [0.1, 0.15) is 0 Å². The zero-order valence-corrected chi connectivity index (χ0v) is 15.7. The molecule has 5 nitrogen and oxygen atoms in total. The van der Waals surface area contributed by atoms with Crippen LogP contribution in [0.15, 0.2) is 50.6 Å². The number of halogens is 1. The van der Waals surface area contributed by atoms with Crippen LogP contribution in [0.1, 0.15) is 5.56 Å². The molecule has 2 N–H and O–H groups in total. The predicted molar refractivity (Wildman–Crippen MR) is 101 cm³/mol. The van der Waals surface area contributed by atoms with Crippen molar-refractivity contribution in [2.75, 3.05) is 10.6 Å². The highest BCUT2D eigenvalue weighted by Gasteiger charge is 2.09. The summed E-state index contributed by atoms with van der Waals surface area (Å²) in [5.74, 6) is 0.809. The van der Waals surface area contributed by atoms with Crippen molar-refractivity contribution in [3.8, 4) is 0 Å². The second kappa shape index (κ2) is 7.91. The van der Waals surface area contributed by atoms with Crippen LogP contribution >= 0.6 is 50.4 Å². The summed E-state index contributed by atoms with van der Waals surface area (Å²) < 4.78 is 1.88. The third-order valence-electron chi connectivity index (χ3n) is 2.66. The van der Waals surface area contributed by atoms with Crippen molar-refractivity contribution in [3.63, 3.8) is 0 Å². The number of benzene rings is 1. The lowest BCUT2D eigenvalue weighted by atomic mass is 10.2. The van der Waals surface area contributed by atoms with E-state index in [1.807, 2.05) is 29.6 Å². The monoisotopic (exact) mass is 426 g/mol. The van der Waals surface area contributed by atoms with Gasteiger partial charge in [0, 0.05) is 10.2 Å². The number of carbonyl (C=O) groups excluding carboxylic acids is 1. The molecular weight excluding hydrogens is 416 g/mol. The van der Waals surface area contributed by atoms with Crippen molar-refractivity contribution in [2.45, 2.75) is 10.1 Å². The standard InChI is InChI=1S/C14H11BrN4OS3/c15-10-5-3-9(4-6-10)8-22-14-19-18-13(23-14)17-12(20)16-11-2-1-7-21-11/h1-7H,8H2,(H2,16,17,18,20). The normalized spacial score (nSPS) is 10.5. The van der Waals surface area contributed by atoms with Gasteiger partial charge in [-0.2, -0.15) is 0 Å². The Kier molecular flexibility index (Phi) is 5.65. The van der Waals surface area contributed by atoms with Gasteiger partial charge in [-0.15, -0.1) is 21.5 Å². The number of thioether (sulfide) groups is 1. The summed E-state index contributed by atoms with van der Waals surface area (Å²) in [4.78, 5) is 11.8. The van der Waals surface area contributed by atoms with Gasteiger partial charge >= 0.3 is 6.03 Å². The van der Waals surface area contributed by atoms with E-state index in [0.717, 1.165) is 19.6 Å². The maximum atomic E-state index is 11.8. The van der Waals surface area contributed by atoms with Crippen LogP contribution in [0, 0.1) is 0 Å². The van der Waals surface area contributed by atoms with Gasteiger partial charge in [-0.1, -0.05) is 51.2 Å². The molecule has 0 fully saturated rings. The van der Waals surface area contributed by atoms with Crippen LogP contribution in [0.4, 0.5) is 14.9 Å². The van der Waals surface area contributed by atoms with Crippen molar-refractivity contribution in [3.05, 3.63) is 51.8 Å². The molecular formula is C14H11BrN4OS3. The number of amides is 2. The molecule has 1 aromatic carbocycles. The minimum absolute atomic E-state index is 0.312. The largest absolute Gasteiger partial charge is 0.326 e. The third-order valence-corrected chi connectivity index (χ3v) is 6.02. The van der Waals surface area contributed by atoms with E-state index < -0.39 is 0 Å². The lowest BCUT2D eigenvalue weighted by Crippen LogP contribution is -2.18. The number of thiophene rings is 1. The highest BCUT2D eigenvalue weighted by atomic mass is 79.9. The summed E-state index contributed by atoms with van der Waals surface area (Å²) in [7, 11) is 0. The summed E-state index contributed by atoms with van der Waals surface area (Å²) in [6.45, 7) is 0. The topological polar surface area (TPSA) is 66.9 Å². The van der Waals surface area contributed by atoms with E-state index in [4.69, 9.17) is 0 Å². The van der Waals surface area contributed by atoms with E-state index in [1.54, 1.807) is 11.8 Å². The van der Waals surface area contributed by atoms with Gasteiger partial charge in [0.25, 0.3) is 0 Å². The molecule has 2 heterocycles. The number of nitrogens with one attached hydrogen (secondary N) is 2. The summed E-state index contributed by atoms with van der Waals surface area (Å²) in [5.41, 5.74) is 1.21. The fourth-order valence-electron chi connectivity index (χ4n) is 1.63. The molecule has 3 aromatic rings. The van der Waals surface area contributed by atoms with Crippen molar-refractivity contribution in [2.24, 2.45) is 0 Å². The first kappa shape index (κ1) is 16.4. The number of carbonyl (C=O) groups is 1. The zero-order chi connectivity index (χ0) is 16.1. The van der Waals surface area contributed by atoms with Crippen LogP contribution in [0.3, 0.4) is 0 Å². The molecule has 0 unspecified atom stereocenters. The molecule has 0 saturated heterocycles. The first-order chi connectivity index (χ1) is 11.2. The molecule has 0 aliphatic heterocycles. The highest BCUT2D eigenvalue weighted by molar-refractivity contribution is 9.10. The molecule has 0 radical (unpaired) electrons. The third kappa shape index (κ3) is 5.03. The molecule has 0 bridgehead atoms. The quantitative estimate of drug-likeness (QED) is 0.429. The summed E-state index contributed by atoms with van der Waals surface area (Å²) in [6.07, 6.45) is 0. The van der Waals surface area contributed by atoms with Crippen LogP contribution in [0.5, 0.6) is 0 Å². The lowest BCUT2D eigenvalue weighted by Gasteiger charge is -2.01. The maximum Gasteiger partial charge on any atom is 0.326 e. The van der Waals surface area contributed by atoms with Crippen LogP contribution in [-0.4, -0.2) is 16.2 Å². The summed E-state index contributed by atoms with van der Waals surface area (Å²) in [6, 6.07) is 11.5. The second-order valence-electron chi connectivity index (χ2n) is 4.34. The van der Waals surface area contributed by atoms with E-state index in [0.29, 0.717) is 5.13 Å². The van der Waals surface area contributed by atoms with E-state index in [2.05, 4.69) is 48.9 Å². The SMILES string of the molecule is O=C(Nc1cccs1)Nc1nnc(SCc2ccc(Br)cc2)s1. The Hall–Kier alpha value is -1.42. The Morgan fingerprint density at radius 1 is 1.17 bits per heavy atom.